The van der Waals surface area contributed by atoms with Crippen LogP contribution >= 0.6 is 11.6 Å². The molecule has 5 rings (SSSR count). The maximum atomic E-state index is 13.2. The molecule has 0 aliphatic rings. The highest BCUT2D eigenvalue weighted by atomic mass is 35.5. The molecule has 0 radical (unpaired) electrons. The summed E-state index contributed by atoms with van der Waals surface area (Å²) >= 11 is 6.10. The van der Waals surface area contributed by atoms with E-state index in [1.54, 1.807) is 22.9 Å². The van der Waals surface area contributed by atoms with Gasteiger partial charge in [0.25, 0.3) is 11.4 Å². The summed E-state index contributed by atoms with van der Waals surface area (Å²) < 4.78 is 7.23. The Morgan fingerprint density at radius 3 is 2.48 bits per heavy atom. The van der Waals surface area contributed by atoms with Gasteiger partial charge in [0.1, 0.15) is 0 Å². The Bertz CT molecular complexity index is 1450. The Morgan fingerprint density at radius 1 is 0.968 bits per heavy atom. The van der Waals surface area contributed by atoms with Crippen molar-refractivity contribution in [3.05, 3.63) is 99.9 Å². The smallest absolute Gasteiger partial charge is 0.262 e. The minimum absolute atomic E-state index is 0.0989. The standard InChI is InChI=1S/C25H18ClN3O2/c1-2-16-10-12-19(13-11-16)29-15-22(20-8-3-4-9-21(20)25(29)30)24-27-23(28-31-24)17-6-5-7-18(26)14-17/h3-15H,2H2,1H3. The second-order valence-electron chi connectivity index (χ2n) is 7.22. The number of rotatable bonds is 4. The van der Waals surface area contributed by atoms with Crippen molar-refractivity contribution in [2.75, 3.05) is 0 Å². The van der Waals surface area contributed by atoms with E-state index in [9.17, 15) is 4.79 Å². The second kappa shape index (κ2) is 7.85. The fourth-order valence-corrected chi connectivity index (χ4v) is 3.81. The zero-order chi connectivity index (χ0) is 21.4. The molecule has 152 valence electrons. The van der Waals surface area contributed by atoms with Gasteiger partial charge in [-0.2, -0.15) is 4.98 Å². The summed E-state index contributed by atoms with van der Waals surface area (Å²) in [7, 11) is 0. The van der Waals surface area contributed by atoms with E-state index in [1.165, 1.54) is 5.56 Å². The predicted octanol–water partition coefficient (Wildman–Crippen LogP) is 5.92. The van der Waals surface area contributed by atoms with E-state index in [-0.39, 0.29) is 5.56 Å². The molecule has 6 heteroatoms. The van der Waals surface area contributed by atoms with Crippen LogP contribution in [0.3, 0.4) is 0 Å². The SMILES string of the molecule is CCc1ccc(-n2cc(-c3nc(-c4cccc(Cl)c4)no3)c3ccccc3c2=O)cc1. The number of hydrogen-bond acceptors (Lipinski definition) is 4. The van der Waals surface area contributed by atoms with Crippen LogP contribution in [0.1, 0.15) is 12.5 Å². The van der Waals surface area contributed by atoms with Gasteiger partial charge in [-0.3, -0.25) is 9.36 Å². The number of pyridine rings is 1. The fraction of sp³-hybridized carbons (Fsp3) is 0.0800. The van der Waals surface area contributed by atoms with E-state index in [0.717, 1.165) is 23.1 Å². The van der Waals surface area contributed by atoms with Crippen LogP contribution in [-0.2, 0) is 6.42 Å². The Morgan fingerprint density at radius 2 is 1.74 bits per heavy atom. The molecule has 0 fully saturated rings. The summed E-state index contributed by atoms with van der Waals surface area (Å²) in [5.41, 5.74) is 3.34. The lowest BCUT2D eigenvalue weighted by atomic mass is 10.1. The molecule has 5 aromatic rings. The minimum atomic E-state index is -0.0989. The van der Waals surface area contributed by atoms with Crippen LogP contribution in [0.4, 0.5) is 0 Å². The van der Waals surface area contributed by atoms with Gasteiger partial charge >= 0.3 is 0 Å². The molecule has 0 aliphatic heterocycles. The lowest BCUT2D eigenvalue weighted by molar-refractivity contribution is 0.432. The molecular weight excluding hydrogens is 410 g/mol. The molecule has 0 unspecified atom stereocenters. The molecule has 5 nitrogen and oxygen atoms in total. The van der Waals surface area contributed by atoms with Gasteiger partial charge in [0.15, 0.2) is 0 Å². The highest BCUT2D eigenvalue weighted by Gasteiger charge is 2.17. The number of fused-ring (bicyclic) bond motifs is 1. The normalized spacial score (nSPS) is 11.2. The van der Waals surface area contributed by atoms with Gasteiger partial charge in [0.05, 0.1) is 5.56 Å². The Hall–Kier alpha value is -3.70. The number of aromatic nitrogens is 3. The molecule has 31 heavy (non-hydrogen) atoms. The number of aryl methyl sites for hydroxylation is 1. The van der Waals surface area contributed by atoms with Crippen molar-refractivity contribution in [1.82, 2.24) is 14.7 Å². The Balaban J connectivity index is 1.70. The van der Waals surface area contributed by atoms with Gasteiger partial charge in [-0.1, -0.05) is 66.1 Å². The van der Waals surface area contributed by atoms with Crippen molar-refractivity contribution >= 4 is 22.4 Å². The van der Waals surface area contributed by atoms with Crippen LogP contribution < -0.4 is 5.56 Å². The molecule has 0 saturated heterocycles. The van der Waals surface area contributed by atoms with Gasteiger partial charge in [-0.25, -0.2) is 0 Å². The van der Waals surface area contributed by atoms with Gasteiger partial charge < -0.3 is 4.52 Å². The third kappa shape index (κ3) is 3.53. The van der Waals surface area contributed by atoms with E-state index in [2.05, 4.69) is 17.1 Å². The van der Waals surface area contributed by atoms with Crippen LogP contribution in [0.15, 0.2) is 88.3 Å². The lowest BCUT2D eigenvalue weighted by Crippen LogP contribution is -2.18. The van der Waals surface area contributed by atoms with E-state index < -0.39 is 0 Å². The average Bonchev–Trinajstić information content (AvgIpc) is 3.30. The van der Waals surface area contributed by atoms with Crippen molar-refractivity contribution in [2.24, 2.45) is 0 Å². The van der Waals surface area contributed by atoms with Gasteiger partial charge in [0.2, 0.25) is 5.82 Å². The molecule has 2 heterocycles. The van der Waals surface area contributed by atoms with Crippen molar-refractivity contribution in [1.29, 1.82) is 0 Å². The first kappa shape index (κ1) is 19.3. The fourth-order valence-electron chi connectivity index (χ4n) is 3.62. The molecule has 0 aliphatic carbocycles. The zero-order valence-corrected chi connectivity index (χ0v) is 17.5. The van der Waals surface area contributed by atoms with E-state index in [1.807, 2.05) is 60.7 Å². The Kier molecular flexibility index (Phi) is 4.88. The molecule has 0 bridgehead atoms. The highest BCUT2D eigenvalue weighted by Crippen LogP contribution is 2.29. The minimum Gasteiger partial charge on any atom is -0.334 e. The van der Waals surface area contributed by atoms with Crippen molar-refractivity contribution in [3.63, 3.8) is 0 Å². The third-order valence-electron chi connectivity index (χ3n) is 5.29. The summed E-state index contributed by atoms with van der Waals surface area (Å²) in [5, 5.41) is 6.07. The molecule has 0 spiro atoms. The molecule has 0 N–H and O–H groups in total. The maximum absolute atomic E-state index is 13.2. The summed E-state index contributed by atoms with van der Waals surface area (Å²) in [6.07, 6.45) is 2.70. The summed E-state index contributed by atoms with van der Waals surface area (Å²) in [4.78, 5) is 17.8. The average molecular weight is 428 g/mol. The predicted molar refractivity (Wildman–Crippen MR) is 123 cm³/mol. The molecule has 0 atom stereocenters. The molecule has 0 saturated carbocycles. The lowest BCUT2D eigenvalue weighted by Gasteiger charge is -2.11. The molecule has 0 amide bonds. The molecular formula is C25H18ClN3O2. The van der Waals surface area contributed by atoms with Crippen LogP contribution in [-0.4, -0.2) is 14.7 Å². The topological polar surface area (TPSA) is 60.9 Å². The highest BCUT2D eigenvalue weighted by molar-refractivity contribution is 6.30. The number of benzene rings is 3. The largest absolute Gasteiger partial charge is 0.334 e. The van der Waals surface area contributed by atoms with Crippen LogP contribution in [0.5, 0.6) is 0 Å². The molecule has 2 aromatic heterocycles. The first-order valence-corrected chi connectivity index (χ1v) is 10.4. The van der Waals surface area contributed by atoms with E-state index in [0.29, 0.717) is 27.7 Å². The van der Waals surface area contributed by atoms with Gasteiger partial charge in [-0.15, -0.1) is 0 Å². The summed E-state index contributed by atoms with van der Waals surface area (Å²) in [6, 6.07) is 22.7. The monoisotopic (exact) mass is 427 g/mol. The number of nitrogens with zero attached hydrogens (tertiary/aromatic N) is 3. The maximum Gasteiger partial charge on any atom is 0.262 e. The first-order chi connectivity index (χ1) is 15.1. The van der Waals surface area contributed by atoms with E-state index >= 15 is 0 Å². The van der Waals surface area contributed by atoms with E-state index in [4.69, 9.17) is 16.1 Å². The quantitative estimate of drug-likeness (QED) is 0.357. The van der Waals surface area contributed by atoms with Crippen molar-refractivity contribution < 1.29 is 4.52 Å². The van der Waals surface area contributed by atoms with Crippen LogP contribution in [0.25, 0.3) is 39.3 Å². The van der Waals surface area contributed by atoms with Gasteiger partial charge in [0, 0.05) is 33.2 Å². The van der Waals surface area contributed by atoms with Crippen LogP contribution in [0, 0.1) is 0 Å². The third-order valence-corrected chi connectivity index (χ3v) is 5.52. The van der Waals surface area contributed by atoms with Gasteiger partial charge in [-0.05, 0) is 42.3 Å². The zero-order valence-electron chi connectivity index (χ0n) is 16.7. The Labute approximate surface area is 183 Å². The molecule has 3 aromatic carbocycles. The number of hydrogen-bond donors (Lipinski definition) is 0. The van der Waals surface area contributed by atoms with Crippen molar-refractivity contribution in [3.8, 4) is 28.5 Å². The van der Waals surface area contributed by atoms with Crippen LogP contribution in [0.2, 0.25) is 5.02 Å². The summed E-state index contributed by atoms with van der Waals surface area (Å²) in [5.74, 6) is 0.775. The summed E-state index contributed by atoms with van der Waals surface area (Å²) in [6.45, 7) is 2.10. The van der Waals surface area contributed by atoms with Crippen molar-refractivity contribution in [2.45, 2.75) is 13.3 Å². The number of halogens is 1. The first-order valence-electron chi connectivity index (χ1n) is 9.98. The second-order valence-corrected chi connectivity index (χ2v) is 7.65.